The Labute approximate surface area is 207 Å². The van der Waals surface area contributed by atoms with Gasteiger partial charge in [-0.05, 0) is 53.9 Å². The van der Waals surface area contributed by atoms with Crippen molar-refractivity contribution in [2.45, 2.75) is 78.3 Å². The van der Waals surface area contributed by atoms with Gasteiger partial charge >= 0.3 is 5.97 Å². The van der Waals surface area contributed by atoms with Gasteiger partial charge in [-0.2, -0.15) is 0 Å². The molecule has 0 saturated heterocycles. The maximum Gasteiger partial charge on any atom is 0.328 e. The Bertz CT molecular complexity index is 1080. The Morgan fingerprint density at radius 1 is 1.17 bits per heavy atom. The van der Waals surface area contributed by atoms with Gasteiger partial charge in [0.2, 0.25) is 0 Å². The van der Waals surface area contributed by atoms with Crippen molar-refractivity contribution >= 4 is 12.0 Å². The third-order valence-electron chi connectivity index (χ3n) is 6.76. The molecule has 1 aromatic heterocycles. The summed E-state index contributed by atoms with van der Waals surface area (Å²) in [5, 5.41) is 8.99. The molecule has 0 aliphatic heterocycles. The highest BCUT2D eigenvalue weighted by Gasteiger charge is 2.31. The van der Waals surface area contributed by atoms with E-state index in [1.165, 1.54) is 0 Å². The predicted molar refractivity (Wildman–Crippen MR) is 138 cm³/mol. The monoisotopic (exact) mass is 488 g/mol. The van der Waals surface area contributed by atoms with Gasteiger partial charge in [0.25, 0.3) is 0 Å². The summed E-state index contributed by atoms with van der Waals surface area (Å²) in [6.07, 6.45) is 6.13. The zero-order valence-electron chi connectivity index (χ0n) is 21.9. The molecule has 4 nitrogen and oxygen atoms in total. The van der Waals surface area contributed by atoms with E-state index < -0.39 is 25.4 Å². The Kier molecular flexibility index (Phi) is 9.47. The van der Waals surface area contributed by atoms with Crippen molar-refractivity contribution in [3.63, 3.8) is 0 Å². The number of allylic oxidation sites excluding steroid dienone is 2. The normalized spacial score (nSPS) is 13.9. The molecule has 0 aliphatic carbocycles. The quantitative estimate of drug-likeness (QED) is 0.242. The summed E-state index contributed by atoms with van der Waals surface area (Å²) in [6.45, 7) is 12.9. The van der Waals surface area contributed by atoms with E-state index in [-0.39, 0.29) is 10.8 Å². The van der Waals surface area contributed by atoms with Crippen molar-refractivity contribution in [1.82, 2.24) is 0 Å². The average molecular weight is 489 g/mol. The van der Waals surface area contributed by atoms with Crippen LogP contribution in [0, 0.1) is 0 Å². The molecule has 0 spiro atoms. The minimum absolute atomic E-state index is 0.142. The van der Waals surface area contributed by atoms with Crippen molar-refractivity contribution in [2.24, 2.45) is 0 Å². The van der Waals surface area contributed by atoms with E-state index in [0.29, 0.717) is 22.6 Å². The van der Waals surface area contributed by atoms with Gasteiger partial charge in [-0.25, -0.2) is 13.6 Å². The lowest BCUT2D eigenvalue weighted by Gasteiger charge is -2.32. The number of rotatable bonds is 12. The minimum Gasteiger partial charge on any atom is -0.489 e. The van der Waals surface area contributed by atoms with Gasteiger partial charge in [0.1, 0.15) is 24.8 Å². The number of hydrogen-bond donors (Lipinski definition) is 1. The molecule has 1 N–H and O–H groups in total. The Hall–Kier alpha value is -2.89. The molecule has 2 rings (SSSR count). The molecule has 2 aromatic rings. The fourth-order valence-electron chi connectivity index (χ4n) is 3.59. The second kappa shape index (κ2) is 11.7. The van der Waals surface area contributed by atoms with Crippen LogP contribution >= 0.6 is 0 Å². The number of aliphatic carboxylic acids is 1. The van der Waals surface area contributed by atoms with Crippen LogP contribution in [0.5, 0.6) is 5.75 Å². The molecule has 1 aromatic carbocycles. The Morgan fingerprint density at radius 3 is 2.40 bits per heavy atom. The SMILES string of the molecule is CCC(C)(C)c1cc(-c2occc2/C=C/C(C)=C/C(=O)O)c(OCC(F)CF)c(C(C)(C)CC)c1. The lowest BCUT2D eigenvalue weighted by Crippen LogP contribution is -2.23. The van der Waals surface area contributed by atoms with Crippen LogP contribution in [0.3, 0.4) is 0 Å². The smallest absolute Gasteiger partial charge is 0.328 e. The van der Waals surface area contributed by atoms with Crippen molar-refractivity contribution in [2.75, 3.05) is 13.3 Å². The van der Waals surface area contributed by atoms with E-state index in [1.54, 1.807) is 31.4 Å². The van der Waals surface area contributed by atoms with Crippen LogP contribution in [-0.2, 0) is 15.6 Å². The zero-order chi connectivity index (χ0) is 26.4. The minimum atomic E-state index is -1.73. The van der Waals surface area contributed by atoms with Crippen molar-refractivity contribution in [1.29, 1.82) is 0 Å². The summed E-state index contributed by atoms with van der Waals surface area (Å²) in [7, 11) is 0. The molecule has 0 amide bonds. The van der Waals surface area contributed by atoms with Crippen LogP contribution in [0.1, 0.15) is 78.0 Å². The van der Waals surface area contributed by atoms with Crippen LogP contribution < -0.4 is 4.74 Å². The number of carbonyl (C=O) groups is 1. The number of carboxylic acids is 1. The number of halogens is 2. The number of ether oxygens (including phenoxy) is 1. The molecule has 1 atom stereocenters. The van der Waals surface area contributed by atoms with E-state index in [1.807, 2.05) is 6.07 Å². The van der Waals surface area contributed by atoms with E-state index in [2.05, 4.69) is 47.6 Å². The molecule has 1 unspecified atom stereocenters. The predicted octanol–water partition coefficient (Wildman–Crippen LogP) is 8.05. The molecule has 0 saturated carbocycles. The zero-order valence-corrected chi connectivity index (χ0v) is 21.9. The summed E-state index contributed by atoms with van der Waals surface area (Å²) in [5.41, 5.74) is 3.52. The molecule has 0 radical (unpaired) electrons. The number of furan rings is 1. The first-order valence-electron chi connectivity index (χ1n) is 12.0. The van der Waals surface area contributed by atoms with Gasteiger partial charge in [0.15, 0.2) is 6.17 Å². The van der Waals surface area contributed by atoms with Crippen molar-refractivity contribution in [3.8, 4) is 17.1 Å². The Balaban J connectivity index is 2.81. The number of benzene rings is 1. The fraction of sp³-hybridized carbons (Fsp3) is 0.483. The first kappa shape index (κ1) is 28.3. The number of hydrogen-bond acceptors (Lipinski definition) is 3. The van der Waals surface area contributed by atoms with Gasteiger partial charge in [0, 0.05) is 17.2 Å². The maximum atomic E-state index is 13.9. The lowest BCUT2D eigenvalue weighted by molar-refractivity contribution is -0.131. The molecule has 6 heteroatoms. The van der Waals surface area contributed by atoms with Crippen LogP contribution in [0.4, 0.5) is 8.78 Å². The second-order valence-corrected chi connectivity index (χ2v) is 10.2. The molecule has 192 valence electrons. The second-order valence-electron chi connectivity index (χ2n) is 10.2. The summed E-state index contributed by atoms with van der Waals surface area (Å²) in [4.78, 5) is 11.0. The van der Waals surface area contributed by atoms with Crippen molar-refractivity contribution in [3.05, 3.63) is 58.9 Å². The standard InChI is InChI=1S/C29H38F2O4/c1-8-28(4,5)21-15-23(26-20(12-13-34-26)11-10-19(3)14-25(32)33)27(35-18-22(31)17-30)24(16-21)29(6,7)9-2/h10-16,22H,8-9,17-18H2,1-7H3,(H,32,33)/b11-10+,19-14+. The molecular weight excluding hydrogens is 450 g/mol. The molecule has 0 aliphatic rings. The van der Waals surface area contributed by atoms with E-state index in [0.717, 1.165) is 35.6 Å². The highest BCUT2D eigenvalue weighted by molar-refractivity contribution is 5.82. The first-order chi connectivity index (χ1) is 16.4. The molecule has 35 heavy (non-hydrogen) atoms. The van der Waals surface area contributed by atoms with Gasteiger partial charge in [-0.15, -0.1) is 0 Å². The highest BCUT2D eigenvalue weighted by Crippen LogP contribution is 2.46. The van der Waals surface area contributed by atoms with E-state index in [9.17, 15) is 13.6 Å². The summed E-state index contributed by atoms with van der Waals surface area (Å²) < 4.78 is 38.7. The average Bonchev–Trinajstić information content (AvgIpc) is 3.28. The van der Waals surface area contributed by atoms with Crippen LogP contribution in [-0.4, -0.2) is 30.5 Å². The van der Waals surface area contributed by atoms with Crippen LogP contribution in [0.2, 0.25) is 0 Å². The Morgan fingerprint density at radius 2 is 1.83 bits per heavy atom. The topological polar surface area (TPSA) is 59.7 Å². The molecular formula is C29H38F2O4. The van der Waals surface area contributed by atoms with E-state index in [4.69, 9.17) is 14.3 Å². The first-order valence-corrected chi connectivity index (χ1v) is 12.0. The van der Waals surface area contributed by atoms with Crippen molar-refractivity contribution < 1.29 is 27.8 Å². The molecule has 0 fully saturated rings. The van der Waals surface area contributed by atoms with Crippen LogP contribution in [0.15, 0.2) is 46.6 Å². The lowest BCUT2D eigenvalue weighted by atomic mass is 9.75. The van der Waals surface area contributed by atoms with Gasteiger partial charge in [-0.1, -0.05) is 59.8 Å². The summed E-state index contributed by atoms with van der Waals surface area (Å²) in [6, 6.07) is 5.91. The number of carboxylic acid groups (broad SMARTS) is 1. The van der Waals surface area contributed by atoms with Gasteiger partial charge < -0.3 is 14.3 Å². The fourth-order valence-corrected chi connectivity index (χ4v) is 3.59. The number of alkyl halides is 2. The molecule has 1 heterocycles. The van der Waals surface area contributed by atoms with Crippen LogP contribution in [0.25, 0.3) is 17.4 Å². The largest absolute Gasteiger partial charge is 0.489 e. The molecule has 0 bridgehead atoms. The third kappa shape index (κ3) is 7.06. The van der Waals surface area contributed by atoms with E-state index >= 15 is 0 Å². The summed E-state index contributed by atoms with van der Waals surface area (Å²) >= 11 is 0. The summed E-state index contributed by atoms with van der Waals surface area (Å²) in [5.74, 6) is -0.0206. The third-order valence-corrected chi connectivity index (χ3v) is 6.76. The highest BCUT2D eigenvalue weighted by atomic mass is 19.2. The van der Waals surface area contributed by atoms with Gasteiger partial charge in [0.05, 0.1) is 11.8 Å². The van der Waals surface area contributed by atoms with Gasteiger partial charge in [-0.3, -0.25) is 0 Å². The maximum absolute atomic E-state index is 13.9.